The van der Waals surface area contributed by atoms with Gasteiger partial charge in [0.25, 0.3) is 0 Å². The lowest BCUT2D eigenvalue weighted by Crippen LogP contribution is -2.20. The quantitative estimate of drug-likeness (QED) is 0.0903. The van der Waals surface area contributed by atoms with Crippen molar-refractivity contribution in [2.24, 2.45) is 0 Å². The summed E-state index contributed by atoms with van der Waals surface area (Å²) >= 11 is 0. The fourth-order valence-corrected chi connectivity index (χ4v) is 5.29. The Labute approximate surface area is 320 Å². The number of anilines is 1. The lowest BCUT2D eigenvalue weighted by atomic mass is 9.86. The maximum absolute atomic E-state index is 14.5. The number of carbonyl (C=O) groups excluding carboxylic acids is 2. The number of nitrogens with one attached hydrogen (secondary N) is 2. The van der Waals surface area contributed by atoms with Crippen LogP contribution in [0.2, 0.25) is 0 Å². The SMILES string of the molecule is C=CCOc1cc(C(C)(C)C)ccc1C=CC(=O)NCc1cc(F)c(NS(C)(=O)=O)c(C=C)c1.C=CCOc1cc(C(C)(C)C)ccc1C=CC(=O)OC. The van der Waals surface area contributed by atoms with Crippen molar-refractivity contribution in [2.45, 2.75) is 58.9 Å². The van der Waals surface area contributed by atoms with Gasteiger partial charge in [-0.15, -0.1) is 0 Å². The van der Waals surface area contributed by atoms with E-state index in [1.807, 2.05) is 36.4 Å². The third kappa shape index (κ3) is 14.9. The van der Waals surface area contributed by atoms with E-state index in [0.717, 1.165) is 34.8 Å². The standard InChI is InChI=1S/C26H31FN2O4S.C17H22O3/c1-7-13-33-23-16-21(26(3,4)5)11-9-20(23)10-12-24(30)28-17-18-14-19(8-2)25(22(27)15-18)29-34(6,31)32;1-6-11-20-15-12-14(17(2,3)4)9-7-13(15)8-10-16(18)19-5/h7-12,14-16,29H,1-2,13,17H2,3-6H3,(H,28,30);6-10,12H,1,11H2,2-5H3. The molecule has 0 saturated heterocycles. The van der Waals surface area contributed by atoms with Crippen LogP contribution in [0, 0.1) is 5.82 Å². The Bertz CT molecular complexity index is 1990. The Morgan fingerprint density at radius 2 is 1.28 bits per heavy atom. The van der Waals surface area contributed by atoms with Crippen molar-refractivity contribution in [3.8, 4) is 11.5 Å². The number of rotatable bonds is 15. The first kappa shape index (κ1) is 44.7. The molecule has 9 nitrogen and oxygen atoms in total. The van der Waals surface area contributed by atoms with Gasteiger partial charge in [-0.25, -0.2) is 17.6 Å². The molecular weight excluding hydrogens is 708 g/mol. The van der Waals surface area contributed by atoms with Gasteiger partial charge in [-0.1, -0.05) is 104 Å². The summed E-state index contributed by atoms with van der Waals surface area (Å²) in [7, 11) is -2.31. The number of methoxy groups -OCH3 is 1. The van der Waals surface area contributed by atoms with E-state index in [0.29, 0.717) is 24.5 Å². The van der Waals surface area contributed by atoms with E-state index in [-0.39, 0.29) is 40.5 Å². The summed E-state index contributed by atoms with van der Waals surface area (Å²) in [6, 6.07) is 14.5. The van der Waals surface area contributed by atoms with Gasteiger partial charge in [-0.05, 0) is 63.9 Å². The molecule has 3 rings (SSSR count). The van der Waals surface area contributed by atoms with E-state index >= 15 is 0 Å². The second-order valence-corrected chi connectivity index (χ2v) is 16.0. The maximum atomic E-state index is 14.5. The van der Waals surface area contributed by atoms with Crippen LogP contribution in [-0.4, -0.2) is 46.9 Å². The Morgan fingerprint density at radius 3 is 1.70 bits per heavy atom. The Hall–Kier alpha value is -5.42. The number of ether oxygens (including phenoxy) is 3. The number of sulfonamides is 1. The molecule has 11 heteroatoms. The zero-order valence-corrected chi connectivity index (χ0v) is 33.4. The summed E-state index contributed by atoms with van der Waals surface area (Å²) < 4.78 is 55.6. The molecule has 3 aromatic carbocycles. The van der Waals surface area contributed by atoms with Crippen LogP contribution in [0.4, 0.5) is 10.1 Å². The van der Waals surface area contributed by atoms with Crippen LogP contribution in [0.25, 0.3) is 18.2 Å². The van der Waals surface area contributed by atoms with Crippen molar-refractivity contribution < 1.29 is 36.6 Å². The van der Waals surface area contributed by atoms with Gasteiger partial charge in [0.1, 0.15) is 30.5 Å². The predicted molar refractivity (Wildman–Crippen MR) is 219 cm³/mol. The van der Waals surface area contributed by atoms with Crippen molar-refractivity contribution in [1.82, 2.24) is 5.32 Å². The number of carbonyl (C=O) groups is 2. The first-order valence-electron chi connectivity index (χ1n) is 17.1. The number of benzene rings is 3. The molecule has 1 amide bonds. The lowest BCUT2D eigenvalue weighted by molar-refractivity contribution is -0.134. The van der Waals surface area contributed by atoms with E-state index in [9.17, 15) is 22.4 Å². The summed E-state index contributed by atoms with van der Waals surface area (Å²) in [5, 5.41) is 2.69. The summed E-state index contributed by atoms with van der Waals surface area (Å²) in [6.45, 7) is 24.5. The highest BCUT2D eigenvalue weighted by molar-refractivity contribution is 7.92. The van der Waals surface area contributed by atoms with Crippen LogP contribution in [0.3, 0.4) is 0 Å². The van der Waals surface area contributed by atoms with E-state index in [4.69, 9.17) is 9.47 Å². The van der Waals surface area contributed by atoms with E-state index in [1.165, 1.54) is 30.9 Å². The number of amides is 1. The molecule has 290 valence electrons. The molecule has 0 heterocycles. The molecule has 0 bridgehead atoms. The molecule has 0 aliphatic heterocycles. The van der Waals surface area contributed by atoms with Crippen molar-refractivity contribution in [1.29, 1.82) is 0 Å². The third-order valence-electron chi connectivity index (χ3n) is 7.64. The fraction of sp³-hybridized carbons (Fsp3) is 0.302. The second kappa shape index (κ2) is 20.1. The summed E-state index contributed by atoms with van der Waals surface area (Å²) in [5.41, 5.74) is 4.37. The van der Waals surface area contributed by atoms with Gasteiger partial charge in [0.2, 0.25) is 15.9 Å². The van der Waals surface area contributed by atoms with Gasteiger partial charge in [0.15, 0.2) is 0 Å². The number of hydrogen-bond donors (Lipinski definition) is 2. The monoisotopic (exact) mass is 760 g/mol. The van der Waals surface area contributed by atoms with Gasteiger partial charge < -0.3 is 19.5 Å². The van der Waals surface area contributed by atoms with Crippen LogP contribution in [0.5, 0.6) is 11.5 Å². The largest absolute Gasteiger partial charge is 0.489 e. The molecule has 0 radical (unpaired) electrons. The molecule has 0 aromatic heterocycles. The Balaban J connectivity index is 0.000000429. The average Bonchev–Trinajstić information content (AvgIpc) is 3.10. The number of halogens is 1. The van der Waals surface area contributed by atoms with Gasteiger partial charge in [-0.2, -0.15) is 0 Å². The highest BCUT2D eigenvalue weighted by Crippen LogP contribution is 2.31. The van der Waals surface area contributed by atoms with Gasteiger partial charge in [0.05, 0.1) is 19.1 Å². The zero-order valence-electron chi connectivity index (χ0n) is 32.5. The Morgan fingerprint density at radius 1 is 0.778 bits per heavy atom. The molecule has 3 aromatic rings. The van der Waals surface area contributed by atoms with Crippen molar-refractivity contribution in [3.63, 3.8) is 0 Å². The van der Waals surface area contributed by atoms with E-state index in [2.05, 4.69) is 76.1 Å². The second-order valence-electron chi connectivity index (χ2n) is 14.2. The average molecular weight is 761 g/mol. The first-order chi connectivity index (χ1) is 25.2. The van der Waals surface area contributed by atoms with Crippen LogP contribution in [0.1, 0.15) is 74.9 Å². The topological polar surface area (TPSA) is 120 Å². The highest BCUT2D eigenvalue weighted by atomic mass is 32.2. The minimum atomic E-state index is -3.66. The predicted octanol–water partition coefficient (Wildman–Crippen LogP) is 8.77. The van der Waals surface area contributed by atoms with Crippen molar-refractivity contribution in [2.75, 3.05) is 31.3 Å². The zero-order chi connectivity index (χ0) is 40.7. The van der Waals surface area contributed by atoms with E-state index in [1.54, 1.807) is 30.4 Å². The molecule has 0 atom stereocenters. The van der Waals surface area contributed by atoms with Gasteiger partial charge in [0, 0.05) is 35.4 Å². The summed E-state index contributed by atoms with van der Waals surface area (Å²) in [6.07, 6.45) is 11.7. The molecular formula is C43H53FN2O7S. The molecule has 0 saturated carbocycles. The normalized spacial score (nSPS) is 11.6. The lowest BCUT2D eigenvalue weighted by Gasteiger charge is -2.20. The van der Waals surface area contributed by atoms with Gasteiger partial charge >= 0.3 is 5.97 Å². The molecule has 0 aliphatic carbocycles. The third-order valence-corrected chi connectivity index (χ3v) is 8.22. The minimum Gasteiger partial charge on any atom is -0.489 e. The molecule has 2 N–H and O–H groups in total. The fourth-order valence-electron chi connectivity index (χ4n) is 4.71. The Kier molecular flexibility index (Phi) is 16.7. The molecule has 0 fully saturated rings. The van der Waals surface area contributed by atoms with Gasteiger partial charge in [-0.3, -0.25) is 9.52 Å². The molecule has 0 aliphatic rings. The number of hydrogen-bond acceptors (Lipinski definition) is 7. The van der Waals surface area contributed by atoms with Crippen LogP contribution < -0.4 is 19.5 Å². The van der Waals surface area contributed by atoms with Crippen molar-refractivity contribution in [3.05, 3.63) is 132 Å². The van der Waals surface area contributed by atoms with Crippen LogP contribution >= 0.6 is 0 Å². The van der Waals surface area contributed by atoms with Crippen LogP contribution in [-0.2, 0) is 41.7 Å². The minimum absolute atomic E-state index is 0.0386. The highest BCUT2D eigenvalue weighted by Gasteiger charge is 2.17. The maximum Gasteiger partial charge on any atom is 0.330 e. The molecule has 0 unspecified atom stereocenters. The van der Waals surface area contributed by atoms with Crippen LogP contribution in [0.15, 0.2) is 92.6 Å². The molecule has 0 spiro atoms. The first-order valence-corrected chi connectivity index (χ1v) is 19.0. The van der Waals surface area contributed by atoms with Crippen molar-refractivity contribution >= 4 is 45.8 Å². The smallest absolute Gasteiger partial charge is 0.330 e. The summed E-state index contributed by atoms with van der Waals surface area (Å²) in [5.74, 6) is -0.154. The van der Waals surface area contributed by atoms with E-state index < -0.39 is 15.8 Å². The molecule has 54 heavy (non-hydrogen) atoms. The number of esters is 1. The summed E-state index contributed by atoms with van der Waals surface area (Å²) in [4.78, 5) is 23.5.